The Morgan fingerprint density at radius 3 is 2.54 bits per heavy atom. The fraction of sp³-hybridized carbons (Fsp3) is 0.263. The molecule has 6 nitrogen and oxygen atoms in total. The lowest BCUT2D eigenvalue weighted by Gasteiger charge is -2.32. The van der Waals surface area contributed by atoms with Crippen molar-refractivity contribution in [3.05, 3.63) is 65.5 Å². The molecule has 0 saturated carbocycles. The zero-order valence-electron chi connectivity index (χ0n) is 14.5. The molecule has 0 bridgehead atoms. The van der Waals surface area contributed by atoms with Gasteiger partial charge in [-0.05, 0) is 42.4 Å². The average molecular weight is 356 g/mol. The minimum Gasteiger partial charge on any atom is -0.353 e. The summed E-state index contributed by atoms with van der Waals surface area (Å²) in [7, 11) is 1.92. The van der Waals surface area contributed by atoms with Crippen molar-refractivity contribution in [1.82, 2.24) is 15.5 Å². The van der Waals surface area contributed by atoms with Gasteiger partial charge in [0, 0.05) is 18.8 Å². The number of rotatable bonds is 4. The van der Waals surface area contributed by atoms with E-state index in [1.807, 2.05) is 36.2 Å². The molecule has 1 fully saturated rings. The molecule has 136 valence electrons. The molecule has 1 atom stereocenters. The molecular weight excluding hydrogens is 335 g/mol. The predicted molar refractivity (Wildman–Crippen MR) is 97.1 cm³/mol. The molecule has 3 N–H and O–H groups in total. The van der Waals surface area contributed by atoms with E-state index in [1.54, 1.807) is 12.1 Å². The Balaban J connectivity index is 1.52. The molecule has 7 heteroatoms. The number of carbonyl (C=O) groups excluding carboxylic acids is 2. The van der Waals surface area contributed by atoms with Crippen LogP contribution in [-0.2, 0) is 11.3 Å². The van der Waals surface area contributed by atoms with Crippen LogP contribution in [0.25, 0.3) is 0 Å². The minimum atomic E-state index is -0.330. The summed E-state index contributed by atoms with van der Waals surface area (Å²) >= 11 is 0. The Bertz CT molecular complexity index is 777. The summed E-state index contributed by atoms with van der Waals surface area (Å²) in [4.78, 5) is 25.4. The van der Waals surface area contributed by atoms with Gasteiger partial charge < -0.3 is 16.0 Å². The molecule has 0 unspecified atom stereocenters. The van der Waals surface area contributed by atoms with E-state index in [1.165, 1.54) is 12.1 Å². The van der Waals surface area contributed by atoms with Gasteiger partial charge in [-0.2, -0.15) is 0 Å². The largest absolute Gasteiger partial charge is 0.353 e. The number of halogens is 1. The molecule has 0 aromatic heterocycles. The van der Waals surface area contributed by atoms with E-state index in [0.29, 0.717) is 25.3 Å². The number of hydrogen-bond donors (Lipinski definition) is 3. The Morgan fingerprint density at radius 1 is 1.19 bits per heavy atom. The average Bonchev–Trinajstić information content (AvgIpc) is 2.62. The molecule has 1 heterocycles. The number of piperazine rings is 1. The van der Waals surface area contributed by atoms with Crippen molar-refractivity contribution < 1.29 is 14.0 Å². The highest BCUT2D eigenvalue weighted by molar-refractivity contribution is 5.89. The lowest BCUT2D eigenvalue weighted by Crippen LogP contribution is -2.47. The third-order valence-electron chi connectivity index (χ3n) is 4.34. The fourth-order valence-electron chi connectivity index (χ4n) is 2.88. The first kappa shape index (κ1) is 17.9. The summed E-state index contributed by atoms with van der Waals surface area (Å²) in [6, 6.07) is 13.3. The summed E-state index contributed by atoms with van der Waals surface area (Å²) in [5.74, 6) is -0.277. The molecule has 1 saturated heterocycles. The monoisotopic (exact) mass is 356 g/mol. The number of benzene rings is 2. The zero-order valence-corrected chi connectivity index (χ0v) is 14.5. The summed E-state index contributed by atoms with van der Waals surface area (Å²) in [6.07, 6.45) is 0. The number of urea groups is 1. The van der Waals surface area contributed by atoms with Crippen LogP contribution in [0.15, 0.2) is 48.5 Å². The van der Waals surface area contributed by atoms with Crippen LogP contribution >= 0.6 is 0 Å². The van der Waals surface area contributed by atoms with E-state index in [2.05, 4.69) is 16.0 Å². The molecule has 1 aliphatic heterocycles. The van der Waals surface area contributed by atoms with Gasteiger partial charge in [-0.3, -0.25) is 9.69 Å². The molecule has 3 rings (SSSR count). The molecule has 0 radical (unpaired) electrons. The first-order valence-corrected chi connectivity index (χ1v) is 8.37. The topological polar surface area (TPSA) is 73.5 Å². The zero-order chi connectivity index (χ0) is 18.5. The molecule has 0 aliphatic carbocycles. The van der Waals surface area contributed by atoms with Crippen LogP contribution in [0.4, 0.5) is 14.9 Å². The predicted octanol–water partition coefficient (Wildman–Crippen LogP) is 2.25. The maximum absolute atomic E-state index is 12.9. The summed E-state index contributed by atoms with van der Waals surface area (Å²) in [6.45, 7) is 1.26. The van der Waals surface area contributed by atoms with E-state index in [-0.39, 0.29) is 23.8 Å². The lowest BCUT2D eigenvalue weighted by molar-refractivity contribution is -0.125. The summed E-state index contributed by atoms with van der Waals surface area (Å²) in [5.41, 5.74) is 2.57. The smallest absolute Gasteiger partial charge is 0.319 e. The molecule has 1 aliphatic rings. The van der Waals surface area contributed by atoms with E-state index in [9.17, 15) is 14.0 Å². The van der Waals surface area contributed by atoms with Crippen LogP contribution in [-0.4, -0.2) is 37.0 Å². The number of hydrogen-bond acceptors (Lipinski definition) is 3. The Morgan fingerprint density at radius 2 is 1.88 bits per heavy atom. The van der Waals surface area contributed by atoms with Crippen molar-refractivity contribution in [2.45, 2.75) is 12.6 Å². The SMILES string of the molecule is CN1CC(=O)NC[C@@H]1c1ccc(NC(=O)NCc2ccc(F)cc2)cc1. The maximum atomic E-state index is 12.9. The van der Waals surface area contributed by atoms with Gasteiger partial charge in [-0.25, -0.2) is 9.18 Å². The van der Waals surface area contributed by atoms with Crippen LogP contribution in [0, 0.1) is 5.82 Å². The van der Waals surface area contributed by atoms with Crippen molar-refractivity contribution >= 4 is 17.6 Å². The molecule has 0 spiro atoms. The molecular formula is C19H21FN4O2. The Kier molecular flexibility index (Phi) is 5.48. The highest BCUT2D eigenvalue weighted by Crippen LogP contribution is 2.22. The second-order valence-corrected chi connectivity index (χ2v) is 6.29. The summed E-state index contributed by atoms with van der Waals surface area (Å²) < 4.78 is 12.9. The van der Waals surface area contributed by atoms with Crippen LogP contribution in [0.1, 0.15) is 17.2 Å². The number of anilines is 1. The van der Waals surface area contributed by atoms with Gasteiger partial charge >= 0.3 is 6.03 Å². The molecule has 26 heavy (non-hydrogen) atoms. The van der Waals surface area contributed by atoms with Gasteiger partial charge in [0.25, 0.3) is 0 Å². The number of amides is 3. The number of carbonyl (C=O) groups is 2. The maximum Gasteiger partial charge on any atom is 0.319 e. The normalized spacial score (nSPS) is 17.5. The first-order chi connectivity index (χ1) is 12.5. The Hall–Kier alpha value is -2.93. The van der Waals surface area contributed by atoms with Crippen molar-refractivity contribution in [1.29, 1.82) is 0 Å². The van der Waals surface area contributed by atoms with Crippen LogP contribution in [0.3, 0.4) is 0 Å². The van der Waals surface area contributed by atoms with Crippen molar-refractivity contribution in [3.63, 3.8) is 0 Å². The van der Waals surface area contributed by atoms with Crippen molar-refractivity contribution in [2.75, 3.05) is 25.5 Å². The number of nitrogens with one attached hydrogen (secondary N) is 3. The van der Waals surface area contributed by atoms with Gasteiger partial charge in [0.1, 0.15) is 5.82 Å². The third-order valence-corrected chi connectivity index (χ3v) is 4.34. The standard InChI is InChI=1S/C19H21FN4O2/c1-24-12-18(25)21-11-17(24)14-4-8-16(9-5-14)23-19(26)22-10-13-2-6-15(20)7-3-13/h2-9,17H,10-12H2,1H3,(H,21,25)(H2,22,23,26)/t17-/m1/s1. The van der Waals surface area contributed by atoms with Gasteiger partial charge in [-0.1, -0.05) is 24.3 Å². The second-order valence-electron chi connectivity index (χ2n) is 6.29. The third kappa shape index (κ3) is 4.58. The molecule has 2 aromatic carbocycles. The van der Waals surface area contributed by atoms with Gasteiger partial charge in [0.15, 0.2) is 0 Å². The van der Waals surface area contributed by atoms with Crippen LogP contribution < -0.4 is 16.0 Å². The van der Waals surface area contributed by atoms with Crippen molar-refractivity contribution in [2.24, 2.45) is 0 Å². The Labute approximate surface area is 151 Å². The van der Waals surface area contributed by atoms with E-state index >= 15 is 0 Å². The van der Waals surface area contributed by atoms with E-state index in [0.717, 1.165) is 11.1 Å². The van der Waals surface area contributed by atoms with Crippen molar-refractivity contribution in [3.8, 4) is 0 Å². The van der Waals surface area contributed by atoms with Gasteiger partial charge in [0.05, 0.1) is 12.6 Å². The quantitative estimate of drug-likeness (QED) is 0.787. The van der Waals surface area contributed by atoms with Crippen LogP contribution in [0.5, 0.6) is 0 Å². The highest BCUT2D eigenvalue weighted by Gasteiger charge is 2.24. The van der Waals surface area contributed by atoms with Crippen LogP contribution in [0.2, 0.25) is 0 Å². The van der Waals surface area contributed by atoms with Gasteiger partial charge in [0.2, 0.25) is 5.91 Å². The highest BCUT2D eigenvalue weighted by atomic mass is 19.1. The minimum absolute atomic E-state index is 0.0277. The number of nitrogens with zero attached hydrogens (tertiary/aromatic N) is 1. The van der Waals surface area contributed by atoms with Gasteiger partial charge in [-0.15, -0.1) is 0 Å². The first-order valence-electron chi connectivity index (χ1n) is 8.37. The van der Waals surface area contributed by atoms with E-state index < -0.39 is 0 Å². The fourth-order valence-corrected chi connectivity index (χ4v) is 2.88. The second kappa shape index (κ2) is 7.97. The molecule has 2 aromatic rings. The lowest BCUT2D eigenvalue weighted by atomic mass is 10.0. The number of likely N-dealkylation sites (N-methyl/N-ethyl adjacent to an activating group) is 1. The summed E-state index contributed by atoms with van der Waals surface area (Å²) in [5, 5.41) is 8.35. The van der Waals surface area contributed by atoms with E-state index in [4.69, 9.17) is 0 Å². The molecule has 3 amide bonds.